The average Bonchev–Trinajstić information content (AvgIpc) is 3.28. The minimum atomic E-state index is -0.658. The molecule has 0 saturated carbocycles. The Morgan fingerprint density at radius 3 is 2.85 bits per heavy atom. The van der Waals surface area contributed by atoms with Gasteiger partial charge in [0.2, 0.25) is 5.69 Å². The summed E-state index contributed by atoms with van der Waals surface area (Å²) in [4.78, 5) is 22.9. The Labute approximate surface area is 154 Å². The van der Waals surface area contributed by atoms with Gasteiger partial charge in [-0.1, -0.05) is 12.1 Å². The number of ether oxygens (including phenoxy) is 1. The summed E-state index contributed by atoms with van der Waals surface area (Å²) in [5.74, 6) is 0.0850. The summed E-state index contributed by atoms with van der Waals surface area (Å²) in [5.41, 5.74) is 0.830. The van der Waals surface area contributed by atoms with Gasteiger partial charge in [0.15, 0.2) is 0 Å². The fourth-order valence-electron chi connectivity index (χ4n) is 2.53. The van der Waals surface area contributed by atoms with Crippen molar-refractivity contribution in [1.29, 1.82) is 0 Å². The first-order chi connectivity index (χ1) is 13.0. The molecule has 1 amide bonds. The molecule has 27 heavy (non-hydrogen) atoms. The summed E-state index contributed by atoms with van der Waals surface area (Å²) >= 11 is 0. The summed E-state index contributed by atoms with van der Waals surface area (Å²) in [6, 6.07) is 7.55. The Balaban J connectivity index is 1.73. The molecule has 2 aromatic heterocycles. The molecule has 1 aromatic carbocycles. The predicted molar refractivity (Wildman–Crippen MR) is 96.8 cm³/mol. The Morgan fingerprint density at radius 2 is 2.15 bits per heavy atom. The minimum Gasteiger partial charge on any atom is -0.497 e. The summed E-state index contributed by atoms with van der Waals surface area (Å²) in [6.45, 7) is 2.69. The fraction of sp³-hybridized carbons (Fsp3) is 0.235. The van der Waals surface area contributed by atoms with Gasteiger partial charge in [0.1, 0.15) is 11.9 Å². The van der Waals surface area contributed by atoms with Crippen molar-refractivity contribution >= 4 is 17.3 Å². The molecule has 0 bridgehead atoms. The standard InChI is InChI=1S/C17H18N6O4/c1-3-21-11-15(23(25)26)16(20-21)17(24)19-13-8-18-22(10-13)9-12-5-4-6-14(7-12)27-2/h4-8,10-11H,3,9H2,1-2H3,(H,19,24). The van der Waals surface area contributed by atoms with Crippen molar-refractivity contribution < 1.29 is 14.5 Å². The van der Waals surface area contributed by atoms with E-state index in [1.54, 1.807) is 24.9 Å². The highest BCUT2D eigenvalue weighted by molar-refractivity contribution is 6.05. The van der Waals surface area contributed by atoms with Crippen LogP contribution in [0.4, 0.5) is 11.4 Å². The number of rotatable bonds is 7. The lowest BCUT2D eigenvalue weighted by molar-refractivity contribution is -0.385. The molecule has 3 aromatic rings. The number of nitrogens with zero attached hydrogens (tertiary/aromatic N) is 5. The smallest absolute Gasteiger partial charge is 0.320 e. The Hall–Kier alpha value is -3.69. The van der Waals surface area contributed by atoms with Crippen molar-refractivity contribution in [1.82, 2.24) is 19.6 Å². The van der Waals surface area contributed by atoms with Gasteiger partial charge in [-0.3, -0.25) is 24.3 Å². The highest BCUT2D eigenvalue weighted by Crippen LogP contribution is 2.19. The molecule has 10 nitrogen and oxygen atoms in total. The van der Waals surface area contributed by atoms with E-state index in [4.69, 9.17) is 4.74 Å². The van der Waals surface area contributed by atoms with Crippen molar-refractivity contribution in [2.45, 2.75) is 20.0 Å². The lowest BCUT2D eigenvalue weighted by atomic mass is 10.2. The number of hydrogen-bond acceptors (Lipinski definition) is 6. The van der Waals surface area contributed by atoms with Gasteiger partial charge >= 0.3 is 5.69 Å². The number of nitro groups is 1. The van der Waals surface area contributed by atoms with Crippen LogP contribution in [0.15, 0.2) is 42.9 Å². The number of amides is 1. The maximum absolute atomic E-state index is 12.4. The lowest BCUT2D eigenvalue weighted by Gasteiger charge is -2.04. The van der Waals surface area contributed by atoms with Gasteiger partial charge in [-0.15, -0.1) is 0 Å². The quantitative estimate of drug-likeness (QED) is 0.504. The third-order valence-electron chi connectivity index (χ3n) is 3.85. The molecule has 0 atom stereocenters. The largest absolute Gasteiger partial charge is 0.497 e. The van der Waals surface area contributed by atoms with Crippen LogP contribution in [0.5, 0.6) is 5.75 Å². The van der Waals surface area contributed by atoms with Crippen LogP contribution >= 0.6 is 0 Å². The summed E-state index contributed by atoms with van der Waals surface area (Å²) in [5, 5.41) is 21.9. The first-order valence-electron chi connectivity index (χ1n) is 8.18. The topological polar surface area (TPSA) is 117 Å². The molecule has 140 valence electrons. The van der Waals surface area contributed by atoms with Crippen LogP contribution in [0.25, 0.3) is 0 Å². The number of anilines is 1. The van der Waals surface area contributed by atoms with Crippen LogP contribution in [-0.2, 0) is 13.1 Å². The highest BCUT2D eigenvalue weighted by Gasteiger charge is 2.25. The number of nitrogens with one attached hydrogen (secondary N) is 1. The summed E-state index contributed by atoms with van der Waals surface area (Å²) in [7, 11) is 1.60. The van der Waals surface area contributed by atoms with Gasteiger partial charge < -0.3 is 10.1 Å². The molecular formula is C17H18N6O4. The van der Waals surface area contributed by atoms with Crippen LogP contribution in [-0.4, -0.2) is 37.5 Å². The Kier molecular flexibility index (Phi) is 5.15. The van der Waals surface area contributed by atoms with E-state index in [1.807, 2.05) is 24.3 Å². The number of carbonyl (C=O) groups is 1. The maximum atomic E-state index is 12.4. The zero-order chi connectivity index (χ0) is 19.4. The van der Waals surface area contributed by atoms with E-state index in [0.29, 0.717) is 18.8 Å². The number of hydrogen-bond donors (Lipinski definition) is 1. The van der Waals surface area contributed by atoms with Gasteiger partial charge in [0.25, 0.3) is 5.91 Å². The van der Waals surface area contributed by atoms with Gasteiger partial charge in [0, 0.05) is 12.7 Å². The van der Waals surface area contributed by atoms with Crippen LogP contribution in [0.1, 0.15) is 23.0 Å². The van der Waals surface area contributed by atoms with Crippen LogP contribution in [0, 0.1) is 10.1 Å². The van der Waals surface area contributed by atoms with E-state index >= 15 is 0 Å². The van der Waals surface area contributed by atoms with Crippen molar-refractivity contribution in [3.05, 3.63) is 64.2 Å². The van der Waals surface area contributed by atoms with Crippen molar-refractivity contribution in [2.75, 3.05) is 12.4 Å². The maximum Gasteiger partial charge on any atom is 0.320 e. The molecule has 10 heteroatoms. The second-order valence-electron chi connectivity index (χ2n) is 5.71. The van der Waals surface area contributed by atoms with Crippen molar-refractivity contribution in [3.63, 3.8) is 0 Å². The molecular weight excluding hydrogens is 352 g/mol. The lowest BCUT2D eigenvalue weighted by Crippen LogP contribution is -2.14. The van der Waals surface area contributed by atoms with Gasteiger partial charge in [-0.05, 0) is 24.6 Å². The zero-order valence-corrected chi connectivity index (χ0v) is 14.8. The Bertz CT molecular complexity index is 977. The van der Waals surface area contributed by atoms with E-state index < -0.39 is 10.8 Å². The number of methoxy groups -OCH3 is 1. The van der Waals surface area contributed by atoms with Gasteiger partial charge in [0.05, 0.1) is 30.5 Å². The molecule has 0 saturated heterocycles. The molecule has 0 aliphatic rings. The molecule has 1 N–H and O–H groups in total. The molecule has 0 radical (unpaired) electrons. The molecule has 0 aliphatic heterocycles. The second-order valence-corrected chi connectivity index (χ2v) is 5.71. The highest BCUT2D eigenvalue weighted by atomic mass is 16.6. The molecule has 0 aliphatic carbocycles. The van der Waals surface area contributed by atoms with E-state index in [0.717, 1.165) is 11.3 Å². The summed E-state index contributed by atoms with van der Waals surface area (Å²) in [6.07, 6.45) is 4.35. The van der Waals surface area contributed by atoms with E-state index in [9.17, 15) is 14.9 Å². The molecule has 3 rings (SSSR count). The van der Waals surface area contributed by atoms with Crippen molar-refractivity contribution in [3.8, 4) is 5.75 Å². The second kappa shape index (κ2) is 7.68. The fourth-order valence-corrected chi connectivity index (χ4v) is 2.53. The SMILES string of the molecule is CCn1cc([N+](=O)[O-])c(C(=O)Nc2cnn(Cc3cccc(OC)c3)c2)n1. The predicted octanol–water partition coefficient (Wildman–Crippen LogP) is 2.32. The first-order valence-corrected chi connectivity index (χ1v) is 8.18. The van der Waals surface area contributed by atoms with Crippen LogP contribution < -0.4 is 10.1 Å². The number of benzene rings is 1. The zero-order valence-electron chi connectivity index (χ0n) is 14.8. The van der Waals surface area contributed by atoms with Crippen molar-refractivity contribution in [2.24, 2.45) is 0 Å². The van der Waals surface area contributed by atoms with E-state index in [-0.39, 0.29) is 11.4 Å². The molecule has 0 spiro atoms. The number of aryl methyl sites for hydroxylation is 1. The van der Waals surface area contributed by atoms with Crippen LogP contribution in [0.2, 0.25) is 0 Å². The first kappa shape index (κ1) is 18.1. The van der Waals surface area contributed by atoms with Crippen LogP contribution in [0.3, 0.4) is 0 Å². The molecule has 0 unspecified atom stereocenters. The minimum absolute atomic E-state index is 0.234. The van der Waals surface area contributed by atoms with E-state index in [1.165, 1.54) is 17.1 Å². The number of carbonyl (C=O) groups excluding carboxylic acids is 1. The third-order valence-corrected chi connectivity index (χ3v) is 3.85. The normalized spacial score (nSPS) is 10.6. The molecule has 2 heterocycles. The molecule has 0 fully saturated rings. The average molecular weight is 370 g/mol. The Morgan fingerprint density at radius 1 is 1.33 bits per heavy atom. The van der Waals surface area contributed by atoms with E-state index in [2.05, 4.69) is 15.5 Å². The van der Waals surface area contributed by atoms with Gasteiger partial charge in [-0.25, -0.2) is 0 Å². The monoisotopic (exact) mass is 370 g/mol. The summed E-state index contributed by atoms with van der Waals surface area (Å²) < 4.78 is 8.18. The van der Waals surface area contributed by atoms with Gasteiger partial charge in [-0.2, -0.15) is 10.2 Å². The third kappa shape index (κ3) is 4.11. The number of aromatic nitrogens is 4.